The average molecular weight is 202 g/mol. The predicted octanol–water partition coefficient (Wildman–Crippen LogP) is -0.719. The first kappa shape index (κ1) is 12.5. The summed E-state index contributed by atoms with van der Waals surface area (Å²) in [4.78, 5) is 22.1. The highest BCUT2D eigenvalue weighted by molar-refractivity contribution is 8.11. The molecule has 0 heterocycles. The summed E-state index contributed by atoms with van der Waals surface area (Å²) in [6, 6.07) is 0. The van der Waals surface area contributed by atoms with Crippen LogP contribution in [0.2, 0.25) is 6.32 Å². The molecule has 0 bridgehead atoms. The van der Waals surface area contributed by atoms with E-state index >= 15 is 0 Å². The molecule has 1 amide bonds. The first-order chi connectivity index (χ1) is 6.11. The second-order valence-electron chi connectivity index (χ2n) is 2.54. The van der Waals surface area contributed by atoms with Crippen LogP contribution in [0.25, 0.3) is 0 Å². The van der Waals surface area contributed by atoms with Crippen molar-refractivity contribution in [1.82, 2.24) is 9.62 Å². The Hall–Kier alpha value is -0.485. The molecule has 0 aromatic heterocycles. The normalized spacial score (nSPS) is 9.69. The molecule has 0 fully saturated rings. The molecule has 0 aromatic carbocycles. The zero-order chi connectivity index (χ0) is 10.3. The van der Waals surface area contributed by atoms with E-state index < -0.39 is 0 Å². The summed E-state index contributed by atoms with van der Waals surface area (Å²) in [5, 5.41) is 2.87. The molecule has 1 N–H and O–H groups in total. The van der Waals surface area contributed by atoms with Gasteiger partial charge in [-0.2, -0.15) is 0 Å². The molecule has 4 nitrogen and oxygen atoms in total. The summed E-state index contributed by atoms with van der Waals surface area (Å²) < 4.78 is 1.50. The third-order valence-corrected chi connectivity index (χ3v) is 2.25. The molecule has 0 aromatic rings. The van der Waals surface area contributed by atoms with Gasteiger partial charge < -0.3 is 5.32 Å². The topological polar surface area (TPSA) is 49.4 Å². The summed E-state index contributed by atoms with van der Waals surface area (Å²) in [5.74, 6) is -0.00421. The van der Waals surface area contributed by atoms with Crippen molar-refractivity contribution in [3.8, 4) is 0 Å². The minimum atomic E-state index is -0.0575. The molecular weight excluding hydrogens is 187 g/mol. The van der Waals surface area contributed by atoms with E-state index in [0.717, 1.165) is 11.9 Å². The number of amides is 1. The van der Waals surface area contributed by atoms with Gasteiger partial charge in [0.05, 0.1) is 0 Å². The third kappa shape index (κ3) is 5.71. The third-order valence-electron chi connectivity index (χ3n) is 1.38. The van der Waals surface area contributed by atoms with Crippen molar-refractivity contribution in [2.45, 2.75) is 13.2 Å². The fraction of sp³-hybridized carbons (Fsp3) is 0.714. The van der Waals surface area contributed by atoms with Crippen molar-refractivity contribution in [2.75, 3.05) is 20.1 Å². The van der Waals surface area contributed by atoms with Gasteiger partial charge in [0.25, 0.3) is 0 Å². The summed E-state index contributed by atoms with van der Waals surface area (Å²) in [5.41, 5.74) is 0. The van der Waals surface area contributed by atoms with Crippen LogP contribution in [-0.4, -0.2) is 43.3 Å². The Bertz CT molecular complexity index is 189. The van der Waals surface area contributed by atoms with Crippen LogP contribution in [-0.2, 0) is 9.59 Å². The van der Waals surface area contributed by atoms with Gasteiger partial charge in [-0.25, -0.2) is 0 Å². The highest BCUT2D eigenvalue weighted by atomic mass is 32.2. The van der Waals surface area contributed by atoms with Crippen molar-refractivity contribution in [1.29, 1.82) is 0 Å². The molecule has 0 saturated heterocycles. The molecule has 74 valence electrons. The molecule has 13 heavy (non-hydrogen) atoms. The lowest BCUT2D eigenvalue weighted by molar-refractivity contribution is -0.124. The fourth-order valence-electron chi connectivity index (χ4n) is 0.766. The number of nitrogens with one attached hydrogen (secondary N) is 1. The van der Waals surface area contributed by atoms with Crippen molar-refractivity contribution in [3.63, 3.8) is 0 Å². The first-order valence-corrected chi connectivity index (χ1v) is 5.02. The van der Waals surface area contributed by atoms with E-state index in [0.29, 0.717) is 19.4 Å². The van der Waals surface area contributed by atoms with Gasteiger partial charge in [0, 0.05) is 32.0 Å². The van der Waals surface area contributed by atoms with Crippen LogP contribution in [0.5, 0.6) is 0 Å². The SMILES string of the molecule is BCC(=O)N(CCNC)SC(C)=O. The lowest BCUT2D eigenvalue weighted by Crippen LogP contribution is -2.31. The highest BCUT2D eigenvalue weighted by Gasteiger charge is 2.13. The molecule has 0 spiro atoms. The minimum absolute atomic E-state index is 0.00421. The molecular formula is C7H15BN2O2S. The highest BCUT2D eigenvalue weighted by Crippen LogP contribution is 2.11. The van der Waals surface area contributed by atoms with Crippen LogP contribution in [0.3, 0.4) is 0 Å². The van der Waals surface area contributed by atoms with Crippen molar-refractivity contribution < 1.29 is 9.59 Å². The molecule has 0 radical (unpaired) electrons. The minimum Gasteiger partial charge on any atom is -0.318 e. The van der Waals surface area contributed by atoms with E-state index in [1.54, 1.807) is 7.85 Å². The lowest BCUT2D eigenvalue weighted by atomic mass is 10.1. The Labute approximate surface area is 84.0 Å². The van der Waals surface area contributed by atoms with Gasteiger partial charge in [-0.05, 0) is 13.4 Å². The van der Waals surface area contributed by atoms with Crippen LogP contribution in [0.4, 0.5) is 0 Å². The van der Waals surface area contributed by atoms with Crippen LogP contribution in [0.1, 0.15) is 6.92 Å². The van der Waals surface area contributed by atoms with Gasteiger partial charge in [-0.1, -0.05) is 0 Å². The van der Waals surface area contributed by atoms with E-state index in [9.17, 15) is 9.59 Å². The summed E-state index contributed by atoms with van der Waals surface area (Å²) in [6.07, 6.45) is 0.435. The predicted molar refractivity (Wildman–Crippen MR) is 57.3 cm³/mol. The van der Waals surface area contributed by atoms with Crippen molar-refractivity contribution in [2.24, 2.45) is 0 Å². The second-order valence-corrected chi connectivity index (χ2v) is 3.73. The molecule has 0 aliphatic rings. The van der Waals surface area contributed by atoms with E-state index in [2.05, 4.69) is 5.32 Å². The number of likely N-dealkylation sites (N-methyl/N-ethyl adjacent to an activating group) is 1. The molecule has 0 unspecified atom stereocenters. The molecule has 0 rings (SSSR count). The standard InChI is InChI=1S/C7H15BN2O2S/c1-6(11)13-10(4-3-9-2)7(12)5-8/h9H,3-5,8H2,1-2H3. The van der Waals surface area contributed by atoms with Gasteiger partial charge in [-0.3, -0.25) is 13.9 Å². The van der Waals surface area contributed by atoms with E-state index in [1.165, 1.54) is 11.2 Å². The van der Waals surface area contributed by atoms with Gasteiger partial charge in [0.1, 0.15) is 7.85 Å². The quantitative estimate of drug-likeness (QED) is 0.482. The first-order valence-electron chi connectivity index (χ1n) is 4.25. The largest absolute Gasteiger partial charge is 0.318 e. The second kappa shape index (κ2) is 6.97. The maximum absolute atomic E-state index is 11.3. The maximum Gasteiger partial charge on any atom is 0.224 e. The number of carbonyl (C=O) groups excluding carboxylic acids is 2. The van der Waals surface area contributed by atoms with E-state index in [4.69, 9.17) is 0 Å². The Morgan fingerprint density at radius 1 is 1.54 bits per heavy atom. The van der Waals surface area contributed by atoms with Crippen LogP contribution in [0.15, 0.2) is 0 Å². The molecule has 0 aliphatic carbocycles. The number of hydrogen-bond acceptors (Lipinski definition) is 4. The summed E-state index contributed by atoms with van der Waals surface area (Å²) in [7, 11) is 3.60. The Morgan fingerprint density at radius 3 is 2.54 bits per heavy atom. The van der Waals surface area contributed by atoms with E-state index in [1.807, 2.05) is 7.05 Å². The van der Waals surface area contributed by atoms with Crippen molar-refractivity contribution in [3.05, 3.63) is 0 Å². The monoisotopic (exact) mass is 202 g/mol. The van der Waals surface area contributed by atoms with Crippen LogP contribution >= 0.6 is 11.9 Å². The van der Waals surface area contributed by atoms with Crippen LogP contribution < -0.4 is 5.32 Å². The fourth-order valence-corrected chi connectivity index (χ4v) is 1.49. The zero-order valence-electron chi connectivity index (χ0n) is 8.29. The summed E-state index contributed by atoms with van der Waals surface area (Å²) >= 11 is 0.977. The zero-order valence-corrected chi connectivity index (χ0v) is 9.11. The van der Waals surface area contributed by atoms with Gasteiger partial charge >= 0.3 is 0 Å². The lowest BCUT2D eigenvalue weighted by Gasteiger charge is -2.18. The Kier molecular flexibility index (Phi) is 6.71. The molecule has 6 heteroatoms. The smallest absolute Gasteiger partial charge is 0.224 e. The van der Waals surface area contributed by atoms with Gasteiger partial charge in [0.15, 0.2) is 0 Å². The number of rotatable bonds is 4. The van der Waals surface area contributed by atoms with Gasteiger partial charge in [0.2, 0.25) is 11.0 Å². The number of hydrogen-bond donors (Lipinski definition) is 1. The van der Waals surface area contributed by atoms with Gasteiger partial charge in [-0.15, -0.1) is 0 Å². The average Bonchev–Trinajstić information content (AvgIpc) is 2.10. The molecule has 0 saturated carbocycles. The Morgan fingerprint density at radius 2 is 2.15 bits per heavy atom. The summed E-state index contributed by atoms with van der Waals surface area (Å²) in [6.45, 7) is 2.72. The number of carbonyl (C=O) groups is 2. The van der Waals surface area contributed by atoms with E-state index in [-0.39, 0.29) is 11.0 Å². The van der Waals surface area contributed by atoms with Crippen molar-refractivity contribution >= 4 is 30.8 Å². The molecule has 0 aliphatic heterocycles. The van der Waals surface area contributed by atoms with Crippen LogP contribution in [0, 0.1) is 0 Å². The Balaban J connectivity index is 4.02. The molecule has 0 atom stereocenters. The number of nitrogens with zero attached hydrogens (tertiary/aromatic N) is 1. The maximum atomic E-state index is 11.3.